The fourth-order valence-electron chi connectivity index (χ4n) is 3.53. The molecule has 5 nitrogen and oxygen atoms in total. The monoisotopic (exact) mass is 455 g/mol. The summed E-state index contributed by atoms with van der Waals surface area (Å²) in [6.45, 7) is 2.53. The largest absolute Gasteiger partial charge is 0.507 e. The lowest BCUT2D eigenvalue weighted by Gasteiger charge is -2.24. The summed E-state index contributed by atoms with van der Waals surface area (Å²) in [5.74, 6) is -3.79. The molecule has 1 atom stereocenters. The zero-order chi connectivity index (χ0) is 22.8. The lowest BCUT2D eigenvalue weighted by atomic mass is 9.99. The molecule has 1 aliphatic heterocycles. The molecule has 2 aromatic carbocycles. The van der Waals surface area contributed by atoms with Crippen molar-refractivity contribution in [2.75, 3.05) is 11.5 Å². The Morgan fingerprint density at radius 2 is 1.84 bits per heavy atom. The van der Waals surface area contributed by atoms with Crippen LogP contribution in [0.3, 0.4) is 0 Å². The summed E-state index contributed by atoms with van der Waals surface area (Å²) in [4.78, 5) is 27.6. The fraction of sp³-hybridized carbons (Fsp3) is 0.167. The van der Waals surface area contributed by atoms with E-state index in [0.717, 1.165) is 23.5 Å². The quantitative estimate of drug-likeness (QED) is 0.305. The van der Waals surface area contributed by atoms with Gasteiger partial charge in [0.05, 0.1) is 12.2 Å². The zero-order valence-electron chi connectivity index (χ0n) is 17.0. The number of nitrogens with zero attached hydrogens (tertiary/aromatic N) is 1. The maximum absolute atomic E-state index is 13.9. The van der Waals surface area contributed by atoms with Crippen molar-refractivity contribution < 1.29 is 28.2 Å². The molecule has 1 unspecified atom stereocenters. The minimum atomic E-state index is -1.14. The summed E-state index contributed by atoms with van der Waals surface area (Å²) >= 11 is 1.28. The number of halogens is 2. The smallest absolute Gasteiger partial charge is 0.300 e. The van der Waals surface area contributed by atoms with Crippen LogP contribution in [0.4, 0.5) is 14.5 Å². The van der Waals surface area contributed by atoms with Crippen LogP contribution in [0, 0.1) is 11.6 Å². The van der Waals surface area contributed by atoms with Crippen molar-refractivity contribution in [3.05, 3.63) is 87.6 Å². The van der Waals surface area contributed by atoms with Crippen molar-refractivity contribution in [3.8, 4) is 5.75 Å². The van der Waals surface area contributed by atoms with Crippen LogP contribution in [0.5, 0.6) is 5.75 Å². The number of carbonyl (C=O) groups excluding carboxylic acids is 2. The standard InChI is InChI=1S/C24H19F2NO4S/c1-2-11-31-16-8-5-14(6-9-16)22(28)20-21(19-4-3-12-32-19)27(24(30)23(20)29)15-7-10-17(25)18(26)13-15/h3-10,12-13,21,28H,2,11H2,1H3/b22-20-. The molecule has 32 heavy (non-hydrogen) atoms. The van der Waals surface area contributed by atoms with E-state index in [1.807, 2.05) is 6.92 Å². The number of carbonyl (C=O) groups is 2. The number of aliphatic hydroxyl groups excluding tert-OH is 1. The van der Waals surface area contributed by atoms with Crippen molar-refractivity contribution >= 4 is 34.5 Å². The van der Waals surface area contributed by atoms with Crippen molar-refractivity contribution in [2.24, 2.45) is 0 Å². The number of hydrogen-bond acceptors (Lipinski definition) is 5. The number of Topliss-reactive ketones (excluding diaryl/α,β-unsaturated/α-hetero) is 1. The van der Waals surface area contributed by atoms with Gasteiger partial charge in [-0.05, 0) is 54.3 Å². The molecule has 164 valence electrons. The molecule has 4 rings (SSSR count). The first-order valence-electron chi connectivity index (χ1n) is 9.95. The minimum Gasteiger partial charge on any atom is -0.507 e. The Balaban J connectivity index is 1.82. The van der Waals surface area contributed by atoms with Gasteiger partial charge in [0.1, 0.15) is 17.6 Å². The predicted molar refractivity (Wildman–Crippen MR) is 118 cm³/mol. The van der Waals surface area contributed by atoms with E-state index < -0.39 is 29.4 Å². The molecule has 2 heterocycles. The average Bonchev–Trinajstić information content (AvgIpc) is 3.41. The molecule has 1 aromatic heterocycles. The van der Waals surface area contributed by atoms with E-state index in [9.17, 15) is 23.5 Å². The van der Waals surface area contributed by atoms with Gasteiger partial charge in [-0.15, -0.1) is 11.3 Å². The van der Waals surface area contributed by atoms with Crippen LogP contribution >= 0.6 is 11.3 Å². The van der Waals surface area contributed by atoms with Gasteiger partial charge in [-0.3, -0.25) is 14.5 Å². The molecule has 1 saturated heterocycles. The van der Waals surface area contributed by atoms with E-state index in [1.54, 1.807) is 41.8 Å². The Bertz CT molecular complexity index is 1190. The molecule has 1 fully saturated rings. The van der Waals surface area contributed by atoms with E-state index in [4.69, 9.17) is 4.74 Å². The van der Waals surface area contributed by atoms with Crippen molar-refractivity contribution in [1.82, 2.24) is 0 Å². The van der Waals surface area contributed by atoms with Gasteiger partial charge in [-0.1, -0.05) is 13.0 Å². The maximum Gasteiger partial charge on any atom is 0.300 e. The highest BCUT2D eigenvalue weighted by molar-refractivity contribution is 7.10. The summed E-state index contributed by atoms with van der Waals surface area (Å²) in [6, 6.07) is 12.0. The number of ketones is 1. The second-order valence-corrected chi connectivity index (χ2v) is 8.14. The van der Waals surface area contributed by atoms with Gasteiger partial charge < -0.3 is 9.84 Å². The van der Waals surface area contributed by atoms with Crippen LogP contribution in [0.2, 0.25) is 0 Å². The summed E-state index contributed by atoms with van der Waals surface area (Å²) < 4.78 is 32.9. The SMILES string of the molecule is CCCOc1ccc(/C(O)=C2/C(=O)C(=O)N(c3ccc(F)c(F)c3)C2c2cccs2)cc1. The molecule has 1 amide bonds. The number of hydrogen-bond donors (Lipinski definition) is 1. The third-order valence-electron chi connectivity index (χ3n) is 5.04. The molecular formula is C24H19F2NO4S. The lowest BCUT2D eigenvalue weighted by molar-refractivity contribution is -0.132. The number of ether oxygens (including phenoxy) is 1. The third-order valence-corrected chi connectivity index (χ3v) is 5.96. The van der Waals surface area contributed by atoms with E-state index >= 15 is 0 Å². The average molecular weight is 455 g/mol. The first kappa shape index (κ1) is 21.7. The second kappa shape index (κ2) is 8.92. The van der Waals surface area contributed by atoms with Gasteiger partial charge in [0.15, 0.2) is 11.6 Å². The molecule has 0 saturated carbocycles. The summed E-state index contributed by atoms with van der Waals surface area (Å²) in [6.07, 6.45) is 0.843. The molecule has 0 bridgehead atoms. The van der Waals surface area contributed by atoms with Crippen LogP contribution in [-0.4, -0.2) is 23.4 Å². The number of thiophene rings is 1. The summed E-state index contributed by atoms with van der Waals surface area (Å²) in [5, 5.41) is 12.8. The lowest BCUT2D eigenvalue weighted by Crippen LogP contribution is -2.29. The normalized spacial score (nSPS) is 17.7. The fourth-order valence-corrected chi connectivity index (χ4v) is 4.36. The van der Waals surface area contributed by atoms with Gasteiger partial charge in [0, 0.05) is 22.2 Å². The number of anilines is 1. The second-order valence-electron chi connectivity index (χ2n) is 7.16. The van der Waals surface area contributed by atoms with Crippen LogP contribution in [0.15, 0.2) is 65.6 Å². The zero-order valence-corrected chi connectivity index (χ0v) is 17.9. The summed E-state index contributed by atoms with van der Waals surface area (Å²) in [5.41, 5.74) is 0.231. The topological polar surface area (TPSA) is 66.8 Å². The molecule has 8 heteroatoms. The number of rotatable bonds is 6. The first-order valence-corrected chi connectivity index (χ1v) is 10.8. The highest BCUT2D eigenvalue weighted by Gasteiger charge is 2.47. The number of amides is 1. The van der Waals surface area contributed by atoms with Crippen LogP contribution in [0.1, 0.15) is 29.8 Å². The highest BCUT2D eigenvalue weighted by Crippen LogP contribution is 2.43. The van der Waals surface area contributed by atoms with Crippen molar-refractivity contribution in [2.45, 2.75) is 19.4 Å². The van der Waals surface area contributed by atoms with Crippen LogP contribution in [-0.2, 0) is 9.59 Å². The Labute approximate surface area is 187 Å². The van der Waals surface area contributed by atoms with Crippen LogP contribution < -0.4 is 9.64 Å². The van der Waals surface area contributed by atoms with E-state index in [-0.39, 0.29) is 17.0 Å². The predicted octanol–water partition coefficient (Wildman–Crippen LogP) is 5.44. The van der Waals surface area contributed by atoms with E-state index in [2.05, 4.69) is 0 Å². The Morgan fingerprint density at radius 3 is 2.47 bits per heavy atom. The molecule has 0 radical (unpaired) electrons. The van der Waals surface area contributed by atoms with Gasteiger partial charge in [-0.25, -0.2) is 8.78 Å². The molecule has 0 spiro atoms. The minimum absolute atomic E-state index is 0.0202. The van der Waals surface area contributed by atoms with Gasteiger partial charge in [0.25, 0.3) is 11.7 Å². The molecule has 1 aliphatic rings. The van der Waals surface area contributed by atoms with Gasteiger partial charge in [0.2, 0.25) is 0 Å². The molecule has 0 aliphatic carbocycles. The Morgan fingerprint density at radius 1 is 1.09 bits per heavy atom. The highest BCUT2D eigenvalue weighted by atomic mass is 32.1. The molecular weight excluding hydrogens is 436 g/mol. The Kier molecular flexibility index (Phi) is 6.05. The van der Waals surface area contributed by atoms with Crippen LogP contribution in [0.25, 0.3) is 5.76 Å². The summed E-state index contributed by atoms with van der Waals surface area (Å²) in [7, 11) is 0. The maximum atomic E-state index is 13.9. The van der Waals surface area contributed by atoms with Crippen molar-refractivity contribution in [3.63, 3.8) is 0 Å². The van der Waals surface area contributed by atoms with Gasteiger partial charge in [-0.2, -0.15) is 0 Å². The number of aliphatic hydroxyl groups is 1. The van der Waals surface area contributed by atoms with Gasteiger partial charge >= 0.3 is 0 Å². The molecule has 1 N–H and O–H groups in total. The third kappa shape index (κ3) is 3.89. The molecule has 3 aromatic rings. The number of benzene rings is 2. The van der Waals surface area contributed by atoms with E-state index in [0.29, 0.717) is 22.8 Å². The Hall–Kier alpha value is -3.52. The first-order chi connectivity index (χ1) is 15.4. The van der Waals surface area contributed by atoms with E-state index in [1.165, 1.54) is 17.4 Å². The van der Waals surface area contributed by atoms with Crippen molar-refractivity contribution in [1.29, 1.82) is 0 Å².